The zero-order valence-electron chi connectivity index (χ0n) is 5.65. The van der Waals surface area contributed by atoms with Crippen molar-refractivity contribution in [2.75, 3.05) is 5.32 Å². The van der Waals surface area contributed by atoms with Crippen molar-refractivity contribution in [3.63, 3.8) is 0 Å². The van der Waals surface area contributed by atoms with E-state index in [0.29, 0.717) is 5.82 Å². The second-order valence-corrected chi connectivity index (χ2v) is 2.06. The van der Waals surface area contributed by atoms with Gasteiger partial charge in [0.1, 0.15) is 6.33 Å². The Balaban J connectivity index is 2.65. The highest BCUT2D eigenvalue weighted by molar-refractivity contribution is 5.32. The number of aromatic nitrogens is 2. The molecule has 1 unspecified atom stereocenters. The van der Waals surface area contributed by atoms with Gasteiger partial charge in [0, 0.05) is 0 Å². The van der Waals surface area contributed by atoms with Gasteiger partial charge in [-0.15, -0.1) is 0 Å². The lowest BCUT2D eigenvalue weighted by Gasteiger charge is -2.07. The minimum absolute atomic E-state index is 0.192. The van der Waals surface area contributed by atoms with Crippen LogP contribution in [0.3, 0.4) is 0 Å². The Morgan fingerprint density at radius 1 is 1.90 bits per heavy atom. The number of nitrogens with one attached hydrogen (secondary N) is 1. The van der Waals surface area contributed by atoms with Gasteiger partial charge in [-0.05, 0) is 6.92 Å². The molecular formula is C5H10N4O. The quantitative estimate of drug-likeness (QED) is 0.396. The van der Waals surface area contributed by atoms with Gasteiger partial charge in [0.05, 0.1) is 12.4 Å². The molecule has 0 aliphatic carbocycles. The fourth-order valence-corrected chi connectivity index (χ4v) is 0.625. The lowest BCUT2D eigenvalue weighted by atomic mass is 10.6. The van der Waals surface area contributed by atoms with Crippen LogP contribution in [0.15, 0.2) is 12.5 Å². The summed E-state index contributed by atoms with van der Waals surface area (Å²) in [4.78, 5) is 3.67. The molecule has 1 rings (SSSR count). The zero-order valence-corrected chi connectivity index (χ0v) is 5.65. The van der Waals surface area contributed by atoms with E-state index < -0.39 is 0 Å². The highest BCUT2D eigenvalue weighted by atomic mass is 16.5. The van der Waals surface area contributed by atoms with Crippen molar-refractivity contribution in [3.8, 4) is 0 Å². The van der Waals surface area contributed by atoms with E-state index in [4.69, 9.17) is 10.9 Å². The molecule has 1 aromatic rings. The van der Waals surface area contributed by atoms with Crippen molar-refractivity contribution < 1.29 is 5.21 Å². The molecule has 5 heteroatoms. The first kappa shape index (κ1) is 6.88. The molecule has 0 aliphatic heterocycles. The number of hydrogen-bond acceptors (Lipinski definition) is 4. The Morgan fingerprint density at radius 2 is 2.60 bits per heavy atom. The maximum Gasteiger partial charge on any atom is 0.163 e. The number of nitrogens with zero attached hydrogens (tertiary/aromatic N) is 2. The number of nitrogens with two attached hydrogens (primary N) is 1. The summed E-state index contributed by atoms with van der Waals surface area (Å²) in [5.41, 5.74) is 5.39. The molecule has 0 saturated heterocycles. The van der Waals surface area contributed by atoms with E-state index in [9.17, 15) is 0 Å². The van der Waals surface area contributed by atoms with E-state index >= 15 is 0 Å². The lowest BCUT2D eigenvalue weighted by Crippen LogP contribution is -2.26. The first-order chi connectivity index (χ1) is 4.70. The monoisotopic (exact) mass is 142 g/mol. The van der Waals surface area contributed by atoms with Crippen molar-refractivity contribution in [3.05, 3.63) is 12.5 Å². The first-order valence-corrected chi connectivity index (χ1v) is 2.94. The molecule has 1 aromatic heterocycles. The molecule has 0 amide bonds. The van der Waals surface area contributed by atoms with E-state index in [1.54, 1.807) is 6.92 Å². The predicted octanol–water partition coefficient (Wildman–Crippen LogP) is -0.163. The summed E-state index contributed by atoms with van der Waals surface area (Å²) in [6.45, 7) is 1.77. The van der Waals surface area contributed by atoms with Crippen LogP contribution in [0, 0.1) is 0 Å². The smallest absolute Gasteiger partial charge is 0.163 e. The van der Waals surface area contributed by atoms with Gasteiger partial charge in [-0.2, -0.15) is 4.73 Å². The van der Waals surface area contributed by atoms with Gasteiger partial charge in [0.15, 0.2) is 5.82 Å². The fourth-order valence-electron chi connectivity index (χ4n) is 0.625. The summed E-state index contributed by atoms with van der Waals surface area (Å²) in [5.74, 6) is 0.495. The van der Waals surface area contributed by atoms with E-state index in [-0.39, 0.29) is 6.17 Å². The van der Waals surface area contributed by atoms with Crippen LogP contribution < -0.4 is 11.1 Å². The third kappa shape index (κ3) is 1.38. The summed E-state index contributed by atoms with van der Waals surface area (Å²) in [5, 5.41) is 11.7. The van der Waals surface area contributed by atoms with Gasteiger partial charge in [-0.25, -0.2) is 4.98 Å². The summed E-state index contributed by atoms with van der Waals surface area (Å²) in [6, 6.07) is 0. The summed E-state index contributed by atoms with van der Waals surface area (Å²) in [7, 11) is 0. The van der Waals surface area contributed by atoms with Gasteiger partial charge < -0.3 is 16.3 Å². The average Bonchev–Trinajstić information content (AvgIpc) is 2.15. The van der Waals surface area contributed by atoms with Gasteiger partial charge in [-0.1, -0.05) is 0 Å². The van der Waals surface area contributed by atoms with Crippen molar-refractivity contribution >= 4 is 5.82 Å². The van der Waals surface area contributed by atoms with Crippen LogP contribution >= 0.6 is 0 Å². The maximum absolute atomic E-state index is 8.94. The lowest BCUT2D eigenvalue weighted by molar-refractivity contribution is 0.190. The molecule has 10 heavy (non-hydrogen) atoms. The minimum atomic E-state index is -0.192. The average molecular weight is 142 g/mol. The standard InChI is InChI=1S/C5H10N4O/c1-4(6)8-5-2-7-3-9(5)10/h2-4,8,10H,6H2,1H3. The molecule has 0 spiro atoms. The van der Waals surface area contributed by atoms with E-state index in [1.807, 2.05) is 0 Å². The first-order valence-electron chi connectivity index (χ1n) is 2.94. The molecule has 0 saturated carbocycles. The number of hydrogen-bond donors (Lipinski definition) is 3. The van der Waals surface area contributed by atoms with Crippen molar-refractivity contribution in [2.24, 2.45) is 5.73 Å². The van der Waals surface area contributed by atoms with E-state index in [0.717, 1.165) is 4.73 Å². The van der Waals surface area contributed by atoms with Gasteiger partial charge in [-0.3, -0.25) is 0 Å². The van der Waals surface area contributed by atoms with Crippen LogP contribution in [0.4, 0.5) is 5.82 Å². The molecule has 5 nitrogen and oxygen atoms in total. The largest absolute Gasteiger partial charge is 0.425 e. The van der Waals surface area contributed by atoms with Crippen molar-refractivity contribution in [2.45, 2.75) is 13.1 Å². The molecule has 0 fully saturated rings. The van der Waals surface area contributed by atoms with E-state index in [2.05, 4.69) is 10.3 Å². The highest BCUT2D eigenvalue weighted by Crippen LogP contribution is 2.02. The van der Waals surface area contributed by atoms with Crippen molar-refractivity contribution in [1.82, 2.24) is 9.71 Å². The molecule has 0 aliphatic rings. The molecule has 56 valence electrons. The van der Waals surface area contributed by atoms with Gasteiger partial charge >= 0.3 is 0 Å². The number of anilines is 1. The van der Waals surface area contributed by atoms with Crippen LogP contribution in [-0.4, -0.2) is 21.1 Å². The second-order valence-electron chi connectivity index (χ2n) is 2.06. The van der Waals surface area contributed by atoms with Crippen LogP contribution in [0.25, 0.3) is 0 Å². The minimum Gasteiger partial charge on any atom is -0.425 e. The van der Waals surface area contributed by atoms with Gasteiger partial charge in [0.25, 0.3) is 0 Å². The molecule has 0 bridgehead atoms. The molecule has 1 atom stereocenters. The Kier molecular flexibility index (Phi) is 1.77. The van der Waals surface area contributed by atoms with E-state index in [1.165, 1.54) is 12.5 Å². The fraction of sp³-hybridized carbons (Fsp3) is 0.400. The molecule has 0 radical (unpaired) electrons. The van der Waals surface area contributed by atoms with Crippen molar-refractivity contribution in [1.29, 1.82) is 0 Å². The second kappa shape index (κ2) is 2.57. The summed E-state index contributed by atoms with van der Waals surface area (Å²) >= 11 is 0. The summed E-state index contributed by atoms with van der Waals surface area (Å²) in [6.07, 6.45) is 2.58. The molecule has 0 aromatic carbocycles. The maximum atomic E-state index is 8.94. The highest BCUT2D eigenvalue weighted by Gasteiger charge is 1.99. The Labute approximate surface area is 58.4 Å². The third-order valence-corrected chi connectivity index (χ3v) is 0.995. The third-order valence-electron chi connectivity index (χ3n) is 0.995. The molecule has 1 heterocycles. The zero-order chi connectivity index (χ0) is 7.56. The van der Waals surface area contributed by atoms with Gasteiger partial charge in [0.2, 0.25) is 0 Å². The van der Waals surface area contributed by atoms with Crippen LogP contribution in [0.1, 0.15) is 6.92 Å². The topological polar surface area (TPSA) is 76.1 Å². The van der Waals surface area contributed by atoms with Crippen LogP contribution in [0.2, 0.25) is 0 Å². The number of imidazole rings is 1. The summed E-state index contributed by atoms with van der Waals surface area (Å²) < 4.78 is 0.878. The number of rotatable bonds is 2. The molecule has 4 N–H and O–H groups in total. The Hall–Kier alpha value is -1.23. The normalized spacial score (nSPS) is 13.0. The Bertz CT molecular complexity index is 207. The predicted molar refractivity (Wildman–Crippen MR) is 36.7 cm³/mol. The SMILES string of the molecule is CC(N)Nc1cncn1O. The molecular weight excluding hydrogens is 132 g/mol. The van der Waals surface area contributed by atoms with Crippen LogP contribution in [-0.2, 0) is 0 Å². The Morgan fingerprint density at radius 3 is 3.00 bits per heavy atom. The van der Waals surface area contributed by atoms with Crippen LogP contribution in [0.5, 0.6) is 0 Å².